The van der Waals surface area contributed by atoms with E-state index in [-0.39, 0.29) is 0 Å². The van der Waals surface area contributed by atoms with Gasteiger partial charge >= 0.3 is 0 Å². The van der Waals surface area contributed by atoms with Crippen molar-refractivity contribution in [1.29, 1.82) is 0 Å². The van der Waals surface area contributed by atoms with Crippen LogP contribution >= 0.6 is 15.9 Å². The van der Waals surface area contributed by atoms with E-state index in [0.717, 1.165) is 0 Å². The van der Waals surface area contributed by atoms with Gasteiger partial charge in [-0.15, -0.1) is 0 Å². The number of nitrogens with zero attached hydrogens (tertiary/aromatic N) is 1. The maximum absolute atomic E-state index is 12.8. The van der Waals surface area contributed by atoms with Crippen LogP contribution in [-0.2, 0) is 0 Å². The smallest absolute Gasteiger partial charge is 0.136 e. The van der Waals surface area contributed by atoms with E-state index in [1.165, 1.54) is 6.20 Å². The van der Waals surface area contributed by atoms with Crippen LogP contribution in [0.1, 0.15) is 11.7 Å². The first-order valence-electron chi connectivity index (χ1n) is 2.94. The van der Waals surface area contributed by atoms with Crippen molar-refractivity contribution in [2.75, 3.05) is 5.33 Å². The summed E-state index contributed by atoms with van der Waals surface area (Å²) in [6.45, 7) is 0. The predicted octanol–water partition coefficient (Wildman–Crippen LogP) is 2.49. The highest BCUT2D eigenvalue weighted by Crippen LogP contribution is 2.17. The van der Waals surface area contributed by atoms with Gasteiger partial charge in [0.1, 0.15) is 6.17 Å². The normalized spacial score (nSPS) is 13.0. The number of hydrogen-bond acceptors (Lipinski definition) is 1. The molecule has 0 aliphatic carbocycles. The molecule has 0 bridgehead atoms. The second-order valence-electron chi connectivity index (χ2n) is 1.91. The van der Waals surface area contributed by atoms with Gasteiger partial charge in [0.25, 0.3) is 0 Å². The Balaban J connectivity index is 2.75. The van der Waals surface area contributed by atoms with E-state index in [2.05, 4.69) is 20.9 Å². The second-order valence-corrected chi connectivity index (χ2v) is 2.56. The molecular weight excluding hydrogens is 197 g/mol. The van der Waals surface area contributed by atoms with Crippen molar-refractivity contribution in [2.45, 2.75) is 6.17 Å². The largest absolute Gasteiger partial charge is 0.264 e. The molecule has 0 amide bonds. The van der Waals surface area contributed by atoms with Crippen LogP contribution in [0.4, 0.5) is 4.39 Å². The van der Waals surface area contributed by atoms with Gasteiger partial charge in [-0.2, -0.15) is 0 Å². The molecule has 1 aromatic heterocycles. The zero-order chi connectivity index (χ0) is 7.40. The number of halogens is 2. The van der Waals surface area contributed by atoms with Gasteiger partial charge in [0.15, 0.2) is 0 Å². The SMILES string of the molecule is F[C@@H](CBr)c1cccnc1. The monoisotopic (exact) mass is 203 g/mol. The van der Waals surface area contributed by atoms with Crippen LogP contribution in [0.15, 0.2) is 24.5 Å². The topological polar surface area (TPSA) is 12.9 Å². The number of rotatable bonds is 2. The second kappa shape index (κ2) is 3.66. The van der Waals surface area contributed by atoms with E-state index >= 15 is 0 Å². The molecule has 0 unspecified atom stereocenters. The summed E-state index contributed by atoms with van der Waals surface area (Å²) in [7, 11) is 0. The zero-order valence-electron chi connectivity index (χ0n) is 5.30. The van der Waals surface area contributed by atoms with Crippen molar-refractivity contribution in [1.82, 2.24) is 4.98 Å². The molecule has 1 nitrogen and oxygen atoms in total. The first kappa shape index (κ1) is 7.66. The van der Waals surface area contributed by atoms with Crippen molar-refractivity contribution >= 4 is 15.9 Å². The van der Waals surface area contributed by atoms with Crippen LogP contribution < -0.4 is 0 Å². The van der Waals surface area contributed by atoms with E-state index in [1.807, 2.05) is 0 Å². The summed E-state index contributed by atoms with van der Waals surface area (Å²) >= 11 is 3.05. The molecule has 0 saturated carbocycles. The van der Waals surface area contributed by atoms with E-state index in [1.54, 1.807) is 18.3 Å². The van der Waals surface area contributed by atoms with E-state index in [4.69, 9.17) is 0 Å². The molecule has 1 aromatic rings. The minimum absolute atomic E-state index is 0.332. The lowest BCUT2D eigenvalue weighted by molar-refractivity contribution is 0.382. The van der Waals surface area contributed by atoms with Crippen molar-refractivity contribution < 1.29 is 4.39 Å². The highest BCUT2D eigenvalue weighted by molar-refractivity contribution is 9.09. The Morgan fingerprint density at radius 3 is 3.00 bits per heavy atom. The Labute approximate surface area is 67.4 Å². The van der Waals surface area contributed by atoms with Crippen LogP contribution in [0, 0.1) is 0 Å². The highest BCUT2D eigenvalue weighted by atomic mass is 79.9. The molecule has 0 aromatic carbocycles. The van der Waals surface area contributed by atoms with Gasteiger partial charge < -0.3 is 0 Å². The predicted molar refractivity (Wildman–Crippen MR) is 41.9 cm³/mol. The van der Waals surface area contributed by atoms with Crippen LogP contribution in [-0.4, -0.2) is 10.3 Å². The molecule has 0 spiro atoms. The minimum atomic E-state index is -0.936. The summed E-state index contributed by atoms with van der Waals surface area (Å²) in [6.07, 6.45) is 2.23. The first-order valence-corrected chi connectivity index (χ1v) is 4.06. The maximum atomic E-state index is 12.8. The third kappa shape index (κ3) is 1.77. The summed E-state index contributed by atoms with van der Waals surface area (Å²) in [5.41, 5.74) is 0.624. The van der Waals surface area contributed by atoms with Crippen LogP contribution in [0.5, 0.6) is 0 Å². The molecule has 0 fully saturated rings. The first-order chi connectivity index (χ1) is 4.84. The Hall–Kier alpha value is -0.440. The number of alkyl halides is 2. The summed E-state index contributed by atoms with van der Waals surface area (Å²) in [6, 6.07) is 3.45. The van der Waals surface area contributed by atoms with E-state index in [0.29, 0.717) is 10.9 Å². The van der Waals surface area contributed by atoms with Gasteiger partial charge in [0.2, 0.25) is 0 Å². The van der Waals surface area contributed by atoms with Gasteiger partial charge in [0, 0.05) is 23.3 Å². The third-order valence-corrected chi connectivity index (χ3v) is 1.75. The molecule has 54 valence electrons. The van der Waals surface area contributed by atoms with Gasteiger partial charge in [-0.05, 0) is 6.07 Å². The Morgan fingerprint density at radius 1 is 1.70 bits per heavy atom. The summed E-state index contributed by atoms with van der Waals surface area (Å²) < 4.78 is 12.8. The lowest BCUT2D eigenvalue weighted by atomic mass is 10.2. The molecule has 3 heteroatoms. The lowest BCUT2D eigenvalue weighted by Gasteiger charge is -2.01. The summed E-state index contributed by atoms with van der Waals surface area (Å²) in [5.74, 6) is 0. The van der Waals surface area contributed by atoms with Gasteiger partial charge in [-0.3, -0.25) is 4.98 Å². The van der Waals surface area contributed by atoms with Gasteiger partial charge in [0.05, 0.1) is 0 Å². The molecule has 10 heavy (non-hydrogen) atoms. The Kier molecular flexibility index (Phi) is 2.81. The van der Waals surface area contributed by atoms with E-state index < -0.39 is 6.17 Å². The summed E-state index contributed by atoms with van der Waals surface area (Å²) in [5, 5.41) is 0.332. The zero-order valence-corrected chi connectivity index (χ0v) is 6.88. The standard InChI is InChI=1S/C7H7BrFN/c8-4-7(9)6-2-1-3-10-5-6/h1-3,5,7H,4H2/t7-/m0/s1. The average molecular weight is 204 g/mol. The molecule has 0 saturated heterocycles. The van der Waals surface area contributed by atoms with Crippen molar-refractivity contribution in [3.63, 3.8) is 0 Å². The molecular formula is C7H7BrFN. The molecule has 0 aliphatic rings. The average Bonchev–Trinajstić information content (AvgIpc) is 2.05. The third-order valence-electron chi connectivity index (χ3n) is 1.18. The number of aromatic nitrogens is 1. The molecule has 0 N–H and O–H groups in total. The van der Waals surface area contributed by atoms with Crippen molar-refractivity contribution in [3.8, 4) is 0 Å². The quantitative estimate of drug-likeness (QED) is 0.674. The van der Waals surface area contributed by atoms with Gasteiger partial charge in [-0.25, -0.2) is 4.39 Å². The van der Waals surface area contributed by atoms with Gasteiger partial charge in [-0.1, -0.05) is 22.0 Å². The van der Waals surface area contributed by atoms with Crippen LogP contribution in [0.2, 0.25) is 0 Å². The minimum Gasteiger partial charge on any atom is -0.264 e. The summed E-state index contributed by atoms with van der Waals surface area (Å²) in [4.78, 5) is 3.79. The molecule has 0 aliphatic heterocycles. The number of hydrogen-bond donors (Lipinski definition) is 0. The van der Waals surface area contributed by atoms with Crippen molar-refractivity contribution in [2.24, 2.45) is 0 Å². The highest BCUT2D eigenvalue weighted by Gasteiger charge is 2.05. The fourth-order valence-corrected chi connectivity index (χ4v) is 1.02. The molecule has 1 heterocycles. The fourth-order valence-electron chi connectivity index (χ4n) is 0.650. The fraction of sp³-hybridized carbons (Fsp3) is 0.286. The van der Waals surface area contributed by atoms with E-state index in [9.17, 15) is 4.39 Å². The maximum Gasteiger partial charge on any atom is 0.136 e. The lowest BCUT2D eigenvalue weighted by Crippen LogP contribution is -1.91. The molecule has 1 rings (SSSR count). The van der Waals surface area contributed by atoms with Crippen LogP contribution in [0.3, 0.4) is 0 Å². The molecule has 0 radical (unpaired) electrons. The van der Waals surface area contributed by atoms with Crippen molar-refractivity contribution in [3.05, 3.63) is 30.1 Å². The Morgan fingerprint density at radius 2 is 2.50 bits per heavy atom. The van der Waals surface area contributed by atoms with Crippen LogP contribution in [0.25, 0.3) is 0 Å². The molecule has 1 atom stereocenters. The Bertz CT molecular complexity index is 190. The number of pyridine rings is 1.